The molecule has 0 unspecified atom stereocenters. The third-order valence-corrected chi connectivity index (χ3v) is 10.0. The highest BCUT2D eigenvalue weighted by molar-refractivity contribution is 6.08. The summed E-state index contributed by atoms with van der Waals surface area (Å²) in [5.74, 6) is -0.249. The predicted octanol–water partition coefficient (Wildman–Crippen LogP) is 4.53. The number of halogens is 3. The highest BCUT2D eigenvalue weighted by Gasteiger charge is 2.54. The van der Waals surface area contributed by atoms with Crippen molar-refractivity contribution in [2.45, 2.75) is 56.8 Å². The number of aromatic nitrogens is 4. The second-order valence-electron chi connectivity index (χ2n) is 13.3. The van der Waals surface area contributed by atoms with Crippen molar-refractivity contribution in [1.82, 2.24) is 29.3 Å². The maximum atomic E-state index is 14.1. The number of carbonyl (C=O) groups is 2. The van der Waals surface area contributed by atoms with E-state index in [9.17, 15) is 27.6 Å². The SMILES string of the molecule is [2H]C([2H])([2H])n1c(=O)n(C2CC3(CC(NC(=O)C4CC4)C3)C2)c2cc(Nc3cc(C(=O)N4CCOCC4)c4cccc(C(F)(F)F)c4n3)ncc21. The van der Waals surface area contributed by atoms with Crippen LogP contribution in [0.4, 0.5) is 24.8 Å². The maximum Gasteiger partial charge on any atom is 0.418 e. The largest absolute Gasteiger partial charge is 0.418 e. The van der Waals surface area contributed by atoms with E-state index in [1.165, 1.54) is 39.9 Å². The van der Waals surface area contributed by atoms with Gasteiger partial charge in [0.2, 0.25) is 5.91 Å². The van der Waals surface area contributed by atoms with Crippen LogP contribution in [0.15, 0.2) is 41.3 Å². The zero-order chi connectivity index (χ0) is 35.2. The lowest BCUT2D eigenvalue weighted by Gasteiger charge is -2.57. The van der Waals surface area contributed by atoms with Crippen molar-refractivity contribution >= 4 is 45.4 Å². The molecule has 3 aliphatic carbocycles. The van der Waals surface area contributed by atoms with Crippen LogP contribution in [0.3, 0.4) is 0 Å². The number of hydrogen-bond acceptors (Lipinski definition) is 7. The Hall–Kier alpha value is -4.46. The molecule has 11 nitrogen and oxygen atoms in total. The summed E-state index contributed by atoms with van der Waals surface area (Å²) in [5.41, 5.74) is -1.78. The van der Waals surface area contributed by atoms with Crippen LogP contribution in [0, 0.1) is 11.3 Å². The Morgan fingerprint density at radius 1 is 1.06 bits per heavy atom. The summed E-state index contributed by atoms with van der Waals surface area (Å²) < 4.78 is 74.2. The van der Waals surface area contributed by atoms with Gasteiger partial charge in [-0.3, -0.25) is 18.7 Å². The Labute approximate surface area is 271 Å². The normalized spacial score (nSPS) is 25.5. The van der Waals surface area contributed by atoms with Gasteiger partial charge in [-0.15, -0.1) is 0 Å². The van der Waals surface area contributed by atoms with E-state index in [2.05, 4.69) is 20.6 Å². The molecule has 2 amide bonds. The van der Waals surface area contributed by atoms with E-state index in [0.29, 0.717) is 31.6 Å². The number of amides is 2. The van der Waals surface area contributed by atoms with E-state index < -0.39 is 35.8 Å². The molecule has 47 heavy (non-hydrogen) atoms. The zero-order valence-electron chi connectivity index (χ0n) is 28.3. The van der Waals surface area contributed by atoms with Gasteiger partial charge >= 0.3 is 11.9 Å². The summed E-state index contributed by atoms with van der Waals surface area (Å²) in [6.07, 6.45) is 1.19. The van der Waals surface area contributed by atoms with Gasteiger partial charge in [0.25, 0.3) is 5.91 Å². The third-order valence-electron chi connectivity index (χ3n) is 10.0. The minimum Gasteiger partial charge on any atom is -0.378 e. The van der Waals surface area contributed by atoms with Gasteiger partial charge in [-0.25, -0.2) is 14.8 Å². The van der Waals surface area contributed by atoms with Crippen molar-refractivity contribution in [2.75, 3.05) is 31.6 Å². The number of fused-ring (bicyclic) bond motifs is 2. The van der Waals surface area contributed by atoms with E-state index in [1.54, 1.807) is 0 Å². The van der Waals surface area contributed by atoms with Crippen LogP contribution in [0.2, 0.25) is 0 Å². The zero-order valence-corrected chi connectivity index (χ0v) is 25.3. The molecule has 4 aromatic rings. The van der Waals surface area contributed by atoms with Crippen molar-refractivity contribution in [2.24, 2.45) is 18.3 Å². The predicted molar refractivity (Wildman–Crippen MR) is 166 cm³/mol. The Morgan fingerprint density at radius 2 is 1.83 bits per heavy atom. The number of rotatable bonds is 6. The molecule has 246 valence electrons. The van der Waals surface area contributed by atoms with E-state index in [4.69, 9.17) is 8.85 Å². The number of ether oxygens (including phenoxy) is 1. The van der Waals surface area contributed by atoms with Crippen LogP contribution >= 0.6 is 0 Å². The monoisotopic (exact) mass is 652 g/mol. The number of anilines is 2. The number of nitrogens with one attached hydrogen (secondary N) is 2. The van der Waals surface area contributed by atoms with Crippen molar-refractivity contribution in [3.63, 3.8) is 0 Å². The molecule has 3 saturated carbocycles. The number of benzene rings is 1. The fraction of sp³-hybridized carbons (Fsp3) is 0.485. The Kier molecular flexibility index (Phi) is 6.11. The minimum atomic E-state index is -4.75. The van der Waals surface area contributed by atoms with Crippen LogP contribution in [0.5, 0.6) is 0 Å². The van der Waals surface area contributed by atoms with E-state index >= 15 is 0 Å². The van der Waals surface area contributed by atoms with Crippen LogP contribution in [-0.2, 0) is 22.7 Å². The molecule has 1 aliphatic heterocycles. The third kappa shape index (κ3) is 5.22. The topological polar surface area (TPSA) is 123 Å². The lowest BCUT2D eigenvalue weighted by molar-refractivity contribution is -0.136. The number of pyridine rings is 2. The summed E-state index contributed by atoms with van der Waals surface area (Å²) in [4.78, 5) is 49.6. The lowest BCUT2D eigenvalue weighted by atomic mass is 9.52. The van der Waals surface area contributed by atoms with Gasteiger partial charge in [-0.1, -0.05) is 12.1 Å². The second-order valence-corrected chi connectivity index (χ2v) is 13.3. The van der Waals surface area contributed by atoms with Crippen LogP contribution in [0.1, 0.15) is 64.6 Å². The Bertz CT molecular complexity index is 2090. The number of hydrogen-bond donors (Lipinski definition) is 2. The molecular weight excluding hydrogens is 615 g/mol. The standard InChI is InChI=1S/C33H34F3N7O4/c1-41-25-17-37-26(12-24(25)43(31(41)46)20-15-32(16-20)13-19(14-32)38-29(44)18-5-6-18)39-27-11-22(30(45)42-7-9-47-10-8-42)21-3-2-4-23(28(21)40-27)33(34,35)36/h2-4,11-12,17-20H,5-10,13-16H2,1H3,(H,38,44)(H,37,39,40)/i1D3. The quantitative estimate of drug-likeness (QED) is 0.314. The molecule has 1 saturated heterocycles. The molecule has 1 aromatic carbocycles. The van der Waals surface area contributed by atoms with Crippen molar-refractivity contribution in [1.29, 1.82) is 0 Å². The minimum absolute atomic E-state index is 0.0175. The van der Waals surface area contributed by atoms with Gasteiger partial charge in [0, 0.05) is 53.6 Å². The molecule has 0 radical (unpaired) electrons. The molecule has 14 heteroatoms. The number of alkyl halides is 3. The average Bonchev–Trinajstić information content (AvgIpc) is 3.84. The molecule has 2 N–H and O–H groups in total. The summed E-state index contributed by atoms with van der Waals surface area (Å²) in [7, 11) is 0. The highest BCUT2D eigenvalue weighted by atomic mass is 19.4. The number of aryl methyl sites for hydroxylation is 1. The van der Waals surface area contributed by atoms with Gasteiger partial charge in [-0.05, 0) is 56.1 Å². The lowest BCUT2D eigenvalue weighted by Crippen LogP contribution is -2.57. The molecule has 1 spiro atoms. The molecule has 4 fully saturated rings. The summed E-state index contributed by atoms with van der Waals surface area (Å²) in [6.45, 7) is -1.64. The van der Waals surface area contributed by atoms with Crippen molar-refractivity contribution in [3.05, 3.63) is 58.1 Å². The van der Waals surface area contributed by atoms with Gasteiger partial charge in [0.15, 0.2) is 0 Å². The Morgan fingerprint density at radius 3 is 2.53 bits per heavy atom. The first-order chi connectivity index (χ1) is 23.7. The smallest absolute Gasteiger partial charge is 0.378 e. The maximum absolute atomic E-state index is 14.1. The first-order valence-electron chi connectivity index (χ1n) is 17.3. The molecular formula is C33H34F3N7O4. The molecule has 4 aliphatic rings. The number of para-hydroxylation sites is 1. The highest BCUT2D eigenvalue weighted by Crippen LogP contribution is 2.60. The van der Waals surface area contributed by atoms with Gasteiger partial charge in [-0.2, -0.15) is 13.2 Å². The second kappa shape index (κ2) is 10.8. The number of imidazole rings is 1. The van der Waals surface area contributed by atoms with Crippen molar-refractivity contribution in [3.8, 4) is 0 Å². The Balaban J connectivity index is 1.14. The van der Waals surface area contributed by atoms with Crippen LogP contribution in [0.25, 0.3) is 21.9 Å². The van der Waals surface area contributed by atoms with Gasteiger partial charge in [0.1, 0.15) is 11.6 Å². The van der Waals surface area contributed by atoms with Crippen LogP contribution in [-0.4, -0.2) is 68.2 Å². The first-order valence-corrected chi connectivity index (χ1v) is 15.8. The van der Waals surface area contributed by atoms with Gasteiger partial charge in [0.05, 0.1) is 47.1 Å². The fourth-order valence-electron chi connectivity index (χ4n) is 7.53. The summed E-state index contributed by atoms with van der Waals surface area (Å²) in [6, 6.07) is 6.21. The summed E-state index contributed by atoms with van der Waals surface area (Å²) in [5, 5.41) is 6.06. The van der Waals surface area contributed by atoms with E-state index in [0.717, 1.165) is 36.3 Å². The first kappa shape index (κ1) is 26.6. The van der Waals surface area contributed by atoms with Gasteiger partial charge < -0.3 is 20.3 Å². The summed E-state index contributed by atoms with van der Waals surface area (Å²) >= 11 is 0. The molecule has 3 aromatic heterocycles. The fourth-order valence-corrected chi connectivity index (χ4v) is 7.53. The molecule has 0 atom stereocenters. The molecule has 8 rings (SSSR count). The molecule has 0 bridgehead atoms. The number of morpholine rings is 1. The van der Waals surface area contributed by atoms with E-state index in [1.807, 2.05) is 0 Å². The number of nitrogens with zero attached hydrogens (tertiary/aromatic N) is 5. The van der Waals surface area contributed by atoms with E-state index in [-0.39, 0.29) is 70.5 Å². The van der Waals surface area contributed by atoms with Crippen molar-refractivity contribution < 1.29 is 31.6 Å². The number of carbonyl (C=O) groups excluding carboxylic acids is 2. The average molecular weight is 653 g/mol. The van der Waals surface area contributed by atoms with Crippen LogP contribution < -0.4 is 16.3 Å². The molecule has 4 heterocycles.